The van der Waals surface area contributed by atoms with E-state index < -0.39 is 11.5 Å². The van der Waals surface area contributed by atoms with Crippen molar-refractivity contribution in [2.45, 2.75) is 32.4 Å². The van der Waals surface area contributed by atoms with Crippen molar-refractivity contribution in [3.63, 3.8) is 0 Å². The first-order chi connectivity index (χ1) is 8.84. The summed E-state index contributed by atoms with van der Waals surface area (Å²) >= 11 is 0. The number of rotatable bonds is 6. The van der Waals surface area contributed by atoms with E-state index in [1.165, 1.54) is 13.3 Å². The van der Waals surface area contributed by atoms with Crippen LogP contribution >= 0.6 is 0 Å². The minimum atomic E-state index is -0.416. The maximum absolute atomic E-state index is 11.2. The number of nitrogens with zero attached hydrogens (tertiary/aromatic N) is 1. The van der Waals surface area contributed by atoms with Crippen molar-refractivity contribution in [1.29, 1.82) is 0 Å². The molecule has 1 aromatic heterocycles. The molecule has 0 bridgehead atoms. The fourth-order valence-electron chi connectivity index (χ4n) is 1.60. The van der Waals surface area contributed by atoms with Gasteiger partial charge < -0.3 is 15.8 Å². The van der Waals surface area contributed by atoms with Crippen molar-refractivity contribution in [2.24, 2.45) is 5.73 Å². The molecule has 0 fully saturated rings. The Morgan fingerprint density at radius 2 is 2.11 bits per heavy atom. The van der Waals surface area contributed by atoms with Crippen LogP contribution in [-0.2, 0) is 16.1 Å². The van der Waals surface area contributed by atoms with E-state index in [-0.39, 0.29) is 12.3 Å². The van der Waals surface area contributed by atoms with E-state index in [4.69, 9.17) is 5.73 Å². The van der Waals surface area contributed by atoms with Crippen molar-refractivity contribution >= 4 is 11.9 Å². The number of primary amides is 1. The highest BCUT2D eigenvalue weighted by molar-refractivity contribution is 5.88. The smallest absolute Gasteiger partial charge is 0.339 e. The van der Waals surface area contributed by atoms with Gasteiger partial charge in [-0.1, -0.05) is 0 Å². The number of ether oxygens (including phenoxy) is 1. The van der Waals surface area contributed by atoms with Crippen molar-refractivity contribution < 1.29 is 14.3 Å². The summed E-state index contributed by atoms with van der Waals surface area (Å²) in [4.78, 5) is 26.3. The number of nitrogens with one attached hydrogen (secondary N) is 1. The molecule has 104 valence electrons. The molecule has 0 spiro atoms. The Morgan fingerprint density at radius 3 is 2.58 bits per heavy atom. The molecule has 6 heteroatoms. The Labute approximate surface area is 112 Å². The molecule has 0 unspecified atom stereocenters. The summed E-state index contributed by atoms with van der Waals surface area (Å²) < 4.78 is 4.59. The lowest BCUT2D eigenvalue weighted by molar-refractivity contribution is -0.119. The summed E-state index contributed by atoms with van der Waals surface area (Å²) in [5.41, 5.74) is 5.95. The van der Waals surface area contributed by atoms with Gasteiger partial charge in [0.2, 0.25) is 5.91 Å². The lowest BCUT2D eigenvalue weighted by Gasteiger charge is -2.24. The van der Waals surface area contributed by atoms with E-state index in [1.807, 2.05) is 13.8 Å². The van der Waals surface area contributed by atoms with E-state index in [9.17, 15) is 9.59 Å². The molecule has 1 rings (SSSR count). The van der Waals surface area contributed by atoms with Gasteiger partial charge in [-0.15, -0.1) is 0 Å². The van der Waals surface area contributed by atoms with Crippen LogP contribution in [0.3, 0.4) is 0 Å². The molecule has 0 aliphatic heterocycles. The Bertz CT molecular complexity index is 455. The zero-order chi connectivity index (χ0) is 14.5. The number of methoxy groups -OCH3 is 1. The number of pyridine rings is 1. The van der Waals surface area contributed by atoms with Gasteiger partial charge in [-0.3, -0.25) is 9.78 Å². The third kappa shape index (κ3) is 5.05. The molecule has 1 aromatic rings. The van der Waals surface area contributed by atoms with Crippen LogP contribution in [0.5, 0.6) is 0 Å². The van der Waals surface area contributed by atoms with Crippen LogP contribution in [-0.4, -0.2) is 29.5 Å². The van der Waals surface area contributed by atoms with Gasteiger partial charge in [0.05, 0.1) is 18.4 Å². The molecule has 1 amide bonds. The van der Waals surface area contributed by atoms with E-state index in [0.29, 0.717) is 12.1 Å². The van der Waals surface area contributed by atoms with Gasteiger partial charge >= 0.3 is 5.97 Å². The van der Waals surface area contributed by atoms with Crippen LogP contribution < -0.4 is 11.1 Å². The summed E-state index contributed by atoms with van der Waals surface area (Å²) in [6.45, 7) is 4.27. The first kappa shape index (κ1) is 15.1. The highest BCUT2D eigenvalue weighted by Crippen LogP contribution is 2.09. The van der Waals surface area contributed by atoms with Gasteiger partial charge in [-0.2, -0.15) is 0 Å². The van der Waals surface area contributed by atoms with Crippen LogP contribution in [0.15, 0.2) is 18.3 Å². The molecule has 6 nitrogen and oxygen atoms in total. The maximum atomic E-state index is 11.2. The summed E-state index contributed by atoms with van der Waals surface area (Å²) in [5.74, 6) is -0.771. The second kappa shape index (κ2) is 6.29. The quantitative estimate of drug-likeness (QED) is 0.735. The Hall–Kier alpha value is -1.95. The van der Waals surface area contributed by atoms with E-state index in [1.54, 1.807) is 12.1 Å². The summed E-state index contributed by atoms with van der Waals surface area (Å²) in [6.07, 6.45) is 1.71. The minimum absolute atomic E-state index is 0.243. The number of hydrogen-bond donors (Lipinski definition) is 2. The van der Waals surface area contributed by atoms with Crippen LogP contribution in [0.1, 0.15) is 36.3 Å². The zero-order valence-corrected chi connectivity index (χ0v) is 11.4. The minimum Gasteiger partial charge on any atom is -0.465 e. The lowest BCUT2D eigenvalue weighted by Crippen LogP contribution is -2.42. The number of hydrogen-bond acceptors (Lipinski definition) is 5. The molecule has 19 heavy (non-hydrogen) atoms. The molecular weight excluding hydrogens is 246 g/mol. The number of carbonyl (C=O) groups is 2. The second-order valence-electron chi connectivity index (χ2n) is 4.91. The molecule has 0 aromatic carbocycles. The topological polar surface area (TPSA) is 94.3 Å². The third-order valence-electron chi connectivity index (χ3n) is 2.61. The number of nitrogens with two attached hydrogens (primary N) is 1. The number of aromatic nitrogens is 1. The van der Waals surface area contributed by atoms with Crippen molar-refractivity contribution in [3.8, 4) is 0 Å². The van der Waals surface area contributed by atoms with Gasteiger partial charge in [0.25, 0.3) is 0 Å². The number of esters is 1. The molecule has 0 radical (unpaired) electrons. The van der Waals surface area contributed by atoms with Gasteiger partial charge in [-0.25, -0.2) is 4.79 Å². The average molecular weight is 265 g/mol. The van der Waals surface area contributed by atoms with Crippen LogP contribution in [0.2, 0.25) is 0 Å². The Morgan fingerprint density at radius 1 is 1.42 bits per heavy atom. The number of amides is 1. The summed E-state index contributed by atoms with van der Waals surface area (Å²) in [6, 6.07) is 3.39. The van der Waals surface area contributed by atoms with Gasteiger partial charge in [0.1, 0.15) is 0 Å². The van der Waals surface area contributed by atoms with Crippen molar-refractivity contribution in [3.05, 3.63) is 29.6 Å². The first-order valence-electron chi connectivity index (χ1n) is 5.90. The van der Waals surface area contributed by atoms with E-state index in [2.05, 4.69) is 15.0 Å². The fourth-order valence-corrected chi connectivity index (χ4v) is 1.60. The molecule has 3 N–H and O–H groups in total. The molecule has 0 aliphatic rings. The molecule has 0 atom stereocenters. The Balaban J connectivity index is 2.59. The van der Waals surface area contributed by atoms with Crippen LogP contribution in [0, 0.1) is 0 Å². The third-order valence-corrected chi connectivity index (χ3v) is 2.61. The van der Waals surface area contributed by atoms with E-state index >= 15 is 0 Å². The first-order valence-corrected chi connectivity index (χ1v) is 5.90. The number of carbonyl (C=O) groups excluding carboxylic acids is 2. The molecule has 0 aliphatic carbocycles. The molecular formula is C13H19N3O3. The summed E-state index contributed by atoms with van der Waals surface area (Å²) in [7, 11) is 1.32. The van der Waals surface area contributed by atoms with Crippen LogP contribution in [0.25, 0.3) is 0 Å². The van der Waals surface area contributed by atoms with Gasteiger partial charge in [-0.05, 0) is 26.0 Å². The molecule has 0 saturated carbocycles. The highest BCUT2D eigenvalue weighted by Gasteiger charge is 2.19. The predicted octanol–water partition coefficient (Wildman–Crippen LogP) is 0.612. The lowest BCUT2D eigenvalue weighted by atomic mass is 10.0. The SMILES string of the molecule is COC(=O)c1ccc(CNC(C)(C)CC(N)=O)nc1. The molecule has 1 heterocycles. The zero-order valence-electron chi connectivity index (χ0n) is 11.4. The maximum Gasteiger partial charge on any atom is 0.339 e. The highest BCUT2D eigenvalue weighted by atomic mass is 16.5. The summed E-state index contributed by atoms with van der Waals surface area (Å²) in [5, 5.41) is 3.19. The van der Waals surface area contributed by atoms with Crippen molar-refractivity contribution in [1.82, 2.24) is 10.3 Å². The van der Waals surface area contributed by atoms with Crippen LogP contribution in [0.4, 0.5) is 0 Å². The predicted molar refractivity (Wildman–Crippen MR) is 70.3 cm³/mol. The molecule has 0 saturated heterocycles. The fraction of sp³-hybridized carbons (Fsp3) is 0.462. The normalized spacial score (nSPS) is 11.1. The second-order valence-corrected chi connectivity index (χ2v) is 4.91. The van der Waals surface area contributed by atoms with Crippen molar-refractivity contribution in [2.75, 3.05) is 7.11 Å². The standard InChI is InChI=1S/C13H19N3O3/c1-13(2,6-11(14)17)16-8-10-5-4-9(7-15-10)12(18)19-3/h4-5,7,16H,6,8H2,1-3H3,(H2,14,17). The largest absolute Gasteiger partial charge is 0.465 e. The van der Waals surface area contributed by atoms with Gasteiger partial charge in [0.15, 0.2) is 0 Å². The average Bonchev–Trinajstić information content (AvgIpc) is 2.34. The monoisotopic (exact) mass is 265 g/mol. The van der Waals surface area contributed by atoms with E-state index in [0.717, 1.165) is 5.69 Å². The Kier molecular flexibility index (Phi) is 5.00. The van der Waals surface area contributed by atoms with Gasteiger partial charge in [0, 0.05) is 24.7 Å².